The zero-order valence-corrected chi connectivity index (χ0v) is 19.9. The molecule has 0 fully saturated rings. The molecule has 1 heterocycles. The van der Waals surface area contributed by atoms with Crippen molar-refractivity contribution in [1.29, 1.82) is 0 Å². The van der Waals surface area contributed by atoms with E-state index in [1.54, 1.807) is 18.3 Å². The zero-order chi connectivity index (χ0) is 16.3. The van der Waals surface area contributed by atoms with E-state index in [0.717, 1.165) is 10.6 Å². The van der Waals surface area contributed by atoms with Crippen LogP contribution in [0.25, 0.3) is 0 Å². The first-order chi connectivity index (χ1) is 9.27. The maximum atomic E-state index is 4.12. The van der Waals surface area contributed by atoms with E-state index in [1.807, 2.05) is 62.3 Å². The molecule has 0 aliphatic rings. The van der Waals surface area contributed by atoms with Crippen LogP contribution < -0.4 is 0 Å². The van der Waals surface area contributed by atoms with Gasteiger partial charge in [0.25, 0.3) is 0 Å². The van der Waals surface area contributed by atoms with Crippen molar-refractivity contribution in [3.05, 3.63) is 16.5 Å². The van der Waals surface area contributed by atoms with E-state index in [0.29, 0.717) is 0 Å². The molecule has 119 valence electrons. The van der Waals surface area contributed by atoms with Crippen molar-refractivity contribution in [2.75, 3.05) is 0 Å². The van der Waals surface area contributed by atoms with Crippen molar-refractivity contribution in [1.82, 2.24) is 0 Å². The number of aliphatic imine (C=N–C) groups is 1. The van der Waals surface area contributed by atoms with Gasteiger partial charge in [-0.15, -0.1) is 0 Å². The predicted molar refractivity (Wildman–Crippen MR) is 91.2 cm³/mol. The summed E-state index contributed by atoms with van der Waals surface area (Å²) < 4.78 is 2.10. The summed E-state index contributed by atoms with van der Waals surface area (Å²) >= 11 is 3.09. The van der Waals surface area contributed by atoms with Gasteiger partial charge in [0.2, 0.25) is 0 Å². The summed E-state index contributed by atoms with van der Waals surface area (Å²) in [6, 6.07) is 3.23. The zero-order valence-electron chi connectivity index (χ0n) is 14.8. The molecule has 0 aliphatic carbocycles. The molecule has 0 unspecified atom stereocenters. The Morgan fingerprint density at radius 2 is 1.45 bits per heavy atom. The molecular weight excluding hydrogens is 473 g/mol. The molecule has 1 nitrogen and oxygen atoms in total. The van der Waals surface area contributed by atoms with E-state index in [2.05, 4.69) is 21.7 Å². The second-order valence-electron chi connectivity index (χ2n) is 1.96. The minimum atomic E-state index is 0. The minimum absolute atomic E-state index is 0. The molecule has 1 radical (unpaired) electrons. The first-order valence-corrected chi connectivity index (χ1v) is 9.64. The van der Waals surface area contributed by atoms with E-state index >= 15 is 0 Å². The molecule has 0 aromatic carbocycles. The summed E-state index contributed by atoms with van der Waals surface area (Å²) in [6.45, 7) is 19.9. The van der Waals surface area contributed by atoms with Crippen molar-refractivity contribution in [2.45, 2.75) is 69.2 Å². The van der Waals surface area contributed by atoms with E-state index in [4.69, 9.17) is 0 Å². The fourth-order valence-electron chi connectivity index (χ4n) is 0.733. The maximum absolute atomic E-state index is 4.12. The molecule has 1 rings (SSSR count). The molecule has 0 N–H and O–H groups in total. The molecule has 0 atom stereocenters. The first kappa shape index (κ1) is 32.5. The van der Waals surface area contributed by atoms with Gasteiger partial charge in [-0.3, -0.25) is 0 Å². The van der Waals surface area contributed by atoms with E-state index in [1.165, 1.54) is 24.2 Å². The van der Waals surface area contributed by atoms with Crippen LogP contribution in [0.5, 0.6) is 0 Å². The van der Waals surface area contributed by atoms with Gasteiger partial charge in [-0.1, -0.05) is 55.4 Å². The average Bonchev–Trinajstić information content (AvgIpc) is 2.88. The van der Waals surface area contributed by atoms with Crippen molar-refractivity contribution in [3.63, 3.8) is 0 Å². The number of rotatable bonds is 2. The SMILES string of the molecule is CC.CC.CC.CC.C[C-]=Nc1sc(C)[c-]c1[CH]=[W].[V]. The second-order valence-corrected chi connectivity index (χ2v) is 4.01. The van der Waals surface area contributed by atoms with Crippen LogP contribution in [-0.2, 0) is 37.9 Å². The summed E-state index contributed by atoms with van der Waals surface area (Å²) in [7, 11) is 0. The number of hydrogen-bond acceptors (Lipinski definition) is 2. The van der Waals surface area contributed by atoms with Crippen molar-refractivity contribution in [2.24, 2.45) is 4.99 Å². The van der Waals surface area contributed by atoms with Gasteiger partial charge in [0.05, 0.1) is 0 Å². The largest absolute Gasteiger partial charge is 0 e. The van der Waals surface area contributed by atoms with Gasteiger partial charge in [-0.05, 0) is 0 Å². The van der Waals surface area contributed by atoms with Crippen LogP contribution in [0.2, 0.25) is 0 Å². The standard InChI is InChI=1S/C8H7NS.4C2H6.V.W/c1-4-9-8-6(2)5-7(3)10-8;4*1-2;;/h2H,1,3H3;4*1-2H3;;/q-2;;;;;;. The Morgan fingerprint density at radius 1 is 1.05 bits per heavy atom. The Morgan fingerprint density at radius 3 is 1.75 bits per heavy atom. The second kappa shape index (κ2) is 31.8. The minimum Gasteiger partial charge on any atom is 0 e. The summed E-state index contributed by atoms with van der Waals surface area (Å²) in [6.07, 6.45) is 2.78. The molecule has 0 bridgehead atoms. The predicted octanol–water partition coefficient (Wildman–Crippen LogP) is 6.26. The number of aryl methyl sites for hydroxylation is 1. The van der Waals surface area contributed by atoms with Crippen LogP contribution in [0.3, 0.4) is 0 Å². The van der Waals surface area contributed by atoms with Crippen LogP contribution in [-0.4, -0.2) is 10.6 Å². The molecule has 0 saturated carbocycles. The molecule has 0 aliphatic heterocycles. The normalized spacial score (nSPS) is 7.10. The number of hydrogen-bond donors (Lipinski definition) is 0. The third kappa shape index (κ3) is 18.5. The van der Waals surface area contributed by atoms with Gasteiger partial charge in [0.15, 0.2) is 0 Å². The van der Waals surface area contributed by atoms with Gasteiger partial charge < -0.3 is 0 Å². The van der Waals surface area contributed by atoms with Crippen LogP contribution in [0.4, 0.5) is 5.00 Å². The Bertz CT molecular complexity index is 297. The molecule has 0 spiro atoms. The molecule has 1 aromatic rings. The van der Waals surface area contributed by atoms with Gasteiger partial charge in [0, 0.05) is 18.6 Å². The summed E-state index contributed by atoms with van der Waals surface area (Å²) in [5.74, 6) is 0. The monoisotopic (exact) mass is 504 g/mol. The van der Waals surface area contributed by atoms with E-state index in [9.17, 15) is 0 Å². The first-order valence-electron chi connectivity index (χ1n) is 7.13. The molecule has 1 aromatic heterocycles. The Kier molecular flexibility index (Phi) is 51.5. The Labute approximate surface area is 155 Å². The number of thiophene rings is 1. The molecule has 20 heavy (non-hydrogen) atoms. The molecule has 0 saturated heterocycles. The van der Waals surface area contributed by atoms with Crippen molar-refractivity contribution >= 4 is 27.0 Å². The van der Waals surface area contributed by atoms with Gasteiger partial charge in [-0.25, -0.2) is 0 Å². The van der Waals surface area contributed by atoms with Crippen LogP contribution >= 0.6 is 11.3 Å². The van der Waals surface area contributed by atoms with Gasteiger partial charge in [0.1, 0.15) is 0 Å². The smallest absolute Gasteiger partial charge is 0 e. The van der Waals surface area contributed by atoms with Gasteiger partial charge in [-0.2, -0.15) is 0 Å². The molecule has 4 heteroatoms. The summed E-state index contributed by atoms with van der Waals surface area (Å²) in [4.78, 5) is 5.30. The molecular formula is C16H31NSVW-2. The number of nitrogens with zero attached hydrogens (tertiary/aromatic N) is 1. The molecule has 0 amide bonds. The van der Waals surface area contributed by atoms with Crippen LogP contribution in [0.15, 0.2) is 4.99 Å². The topological polar surface area (TPSA) is 12.4 Å². The fourth-order valence-corrected chi connectivity index (χ4v) is 2.45. The third-order valence-corrected chi connectivity index (χ3v) is 2.88. The summed E-state index contributed by atoms with van der Waals surface area (Å²) in [5.41, 5.74) is 1.12. The van der Waals surface area contributed by atoms with Crippen molar-refractivity contribution in [3.8, 4) is 0 Å². The fraction of sp³-hybridized carbons (Fsp3) is 0.625. The van der Waals surface area contributed by atoms with Crippen molar-refractivity contribution < 1.29 is 37.9 Å². The Hall–Kier alpha value is 0.513. The third-order valence-electron chi connectivity index (χ3n) is 1.12. The maximum Gasteiger partial charge on any atom is 0 e. The van der Waals surface area contributed by atoms with Gasteiger partial charge >= 0.3 is 81.7 Å². The van der Waals surface area contributed by atoms with Crippen LogP contribution in [0.1, 0.15) is 72.8 Å². The summed E-state index contributed by atoms with van der Waals surface area (Å²) in [5, 5.41) is 1.03. The van der Waals surface area contributed by atoms with Crippen LogP contribution in [0, 0.1) is 13.0 Å². The van der Waals surface area contributed by atoms with E-state index in [-0.39, 0.29) is 18.6 Å². The Balaban J connectivity index is -0.0000000722. The average molecular weight is 504 g/mol. The van der Waals surface area contributed by atoms with E-state index < -0.39 is 0 Å². The quantitative estimate of drug-likeness (QED) is 0.334.